The van der Waals surface area contributed by atoms with Crippen LogP contribution in [0.4, 0.5) is 4.39 Å². The van der Waals surface area contributed by atoms with Gasteiger partial charge in [0.25, 0.3) is 0 Å². The van der Waals surface area contributed by atoms with Gasteiger partial charge >= 0.3 is 0 Å². The highest BCUT2D eigenvalue weighted by molar-refractivity contribution is 5.88. The maximum Gasteiger partial charge on any atom is 0.237 e. The summed E-state index contributed by atoms with van der Waals surface area (Å²) in [6.45, 7) is 2.62. The van der Waals surface area contributed by atoms with Gasteiger partial charge in [0.1, 0.15) is 17.7 Å². The SMILES string of the molecule is CN1CCNC(=O)[C@H]1CC(=O)N1CCC(Oc2ccc(F)cc2)CC1. The Morgan fingerprint density at radius 1 is 1.24 bits per heavy atom. The van der Waals surface area contributed by atoms with E-state index in [0.29, 0.717) is 25.4 Å². The van der Waals surface area contributed by atoms with Crippen LogP contribution in [-0.4, -0.2) is 67.0 Å². The van der Waals surface area contributed by atoms with Gasteiger partial charge in [-0.2, -0.15) is 0 Å². The number of hydrogen-bond donors (Lipinski definition) is 1. The van der Waals surface area contributed by atoms with Gasteiger partial charge in [-0.3, -0.25) is 14.5 Å². The number of likely N-dealkylation sites (tertiary alicyclic amines) is 1. The minimum Gasteiger partial charge on any atom is -0.490 e. The summed E-state index contributed by atoms with van der Waals surface area (Å²) in [6.07, 6.45) is 1.70. The van der Waals surface area contributed by atoms with Crippen LogP contribution in [0.5, 0.6) is 5.75 Å². The minimum atomic E-state index is -0.380. The van der Waals surface area contributed by atoms with Gasteiger partial charge in [-0.05, 0) is 31.3 Å². The van der Waals surface area contributed by atoms with Crippen molar-refractivity contribution in [3.05, 3.63) is 30.1 Å². The number of benzene rings is 1. The number of ether oxygens (including phenoxy) is 1. The average Bonchev–Trinajstić information content (AvgIpc) is 2.61. The molecular formula is C18H24FN3O3. The van der Waals surface area contributed by atoms with Crippen LogP contribution in [0.15, 0.2) is 24.3 Å². The predicted octanol–water partition coefficient (Wildman–Crippen LogP) is 1.02. The Kier molecular flexibility index (Phi) is 5.53. The molecule has 0 unspecified atom stereocenters. The fourth-order valence-corrected chi connectivity index (χ4v) is 3.30. The summed E-state index contributed by atoms with van der Waals surface area (Å²) in [5.41, 5.74) is 0. The number of likely N-dealkylation sites (N-methyl/N-ethyl adjacent to an activating group) is 1. The van der Waals surface area contributed by atoms with Crippen molar-refractivity contribution in [1.82, 2.24) is 15.1 Å². The van der Waals surface area contributed by atoms with Gasteiger partial charge in [-0.15, -0.1) is 0 Å². The summed E-state index contributed by atoms with van der Waals surface area (Å²) in [5, 5.41) is 2.81. The molecule has 1 aromatic rings. The molecule has 0 radical (unpaired) electrons. The lowest BCUT2D eigenvalue weighted by atomic mass is 10.0. The molecule has 2 heterocycles. The molecule has 25 heavy (non-hydrogen) atoms. The largest absolute Gasteiger partial charge is 0.490 e. The number of carbonyl (C=O) groups is 2. The Bertz CT molecular complexity index is 614. The summed E-state index contributed by atoms with van der Waals surface area (Å²) in [6, 6.07) is 5.60. The van der Waals surface area contributed by atoms with E-state index in [4.69, 9.17) is 4.74 Å². The average molecular weight is 349 g/mol. The zero-order valence-corrected chi connectivity index (χ0v) is 14.4. The van der Waals surface area contributed by atoms with Gasteiger partial charge in [0.05, 0.1) is 12.5 Å². The third-order valence-electron chi connectivity index (χ3n) is 4.88. The molecule has 1 N–H and O–H groups in total. The van der Waals surface area contributed by atoms with Crippen LogP contribution in [0, 0.1) is 5.82 Å². The van der Waals surface area contributed by atoms with E-state index in [9.17, 15) is 14.0 Å². The van der Waals surface area contributed by atoms with E-state index in [0.717, 1.165) is 19.4 Å². The first-order valence-electron chi connectivity index (χ1n) is 8.71. The zero-order chi connectivity index (χ0) is 17.8. The van der Waals surface area contributed by atoms with Crippen LogP contribution in [0.2, 0.25) is 0 Å². The van der Waals surface area contributed by atoms with Gasteiger partial charge in [-0.25, -0.2) is 4.39 Å². The fourth-order valence-electron chi connectivity index (χ4n) is 3.30. The number of carbonyl (C=O) groups excluding carboxylic acids is 2. The maximum absolute atomic E-state index is 12.9. The number of nitrogens with zero attached hydrogens (tertiary/aromatic N) is 2. The van der Waals surface area contributed by atoms with E-state index < -0.39 is 0 Å². The molecule has 6 nitrogen and oxygen atoms in total. The first kappa shape index (κ1) is 17.7. The van der Waals surface area contributed by atoms with E-state index in [1.165, 1.54) is 12.1 Å². The van der Waals surface area contributed by atoms with Crippen LogP contribution in [0.1, 0.15) is 19.3 Å². The van der Waals surface area contributed by atoms with Crippen molar-refractivity contribution >= 4 is 11.8 Å². The van der Waals surface area contributed by atoms with Gasteiger partial charge < -0.3 is 15.0 Å². The molecule has 1 aromatic carbocycles. The Labute approximate surface area is 146 Å². The second-order valence-electron chi connectivity index (χ2n) is 6.64. The highest BCUT2D eigenvalue weighted by Crippen LogP contribution is 2.20. The van der Waals surface area contributed by atoms with Crippen LogP contribution in [-0.2, 0) is 9.59 Å². The number of rotatable bonds is 4. The molecule has 0 aliphatic carbocycles. The molecule has 0 spiro atoms. The van der Waals surface area contributed by atoms with Gasteiger partial charge in [0.2, 0.25) is 11.8 Å². The highest BCUT2D eigenvalue weighted by atomic mass is 19.1. The molecule has 1 atom stereocenters. The Hall–Kier alpha value is -2.15. The van der Waals surface area contributed by atoms with Gasteiger partial charge in [0.15, 0.2) is 0 Å². The van der Waals surface area contributed by atoms with Crippen molar-refractivity contribution in [3.8, 4) is 5.75 Å². The molecule has 3 rings (SSSR count). The molecular weight excluding hydrogens is 325 g/mol. The van der Waals surface area contributed by atoms with Crippen molar-refractivity contribution in [2.75, 3.05) is 33.2 Å². The number of hydrogen-bond acceptors (Lipinski definition) is 4. The first-order valence-corrected chi connectivity index (χ1v) is 8.71. The fraction of sp³-hybridized carbons (Fsp3) is 0.556. The van der Waals surface area contributed by atoms with Crippen molar-refractivity contribution < 1.29 is 18.7 Å². The number of amides is 2. The Morgan fingerprint density at radius 2 is 1.92 bits per heavy atom. The minimum absolute atomic E-state index is 0.00846. The summed E-state index contributed by atoms with van der Waals surface area (Å²) in [5.74, 6) is 0.293. The normalized spacial score (nSPS) is 22.6. The molecule has 2 saturated heterocycles. The predicted molar refractivity (Wildman–Crippen MR) is 90.7 cm³/mol. The van der Waals surface area contributed by atoms with Crippen LogP contribution < -0.4 is 10.1 Å². The molecule has 0 bridgehead atoms. The summed E-state index contributed by atoms with van der Waals surface area (Å²) < 4.78 is 18.8. The summed E-state index contributed by atoms with van der Waals surface area (Å²) in [7, 11) is 1.87. The Morgan fingerprint density at radius 3 is 2.56 bits per heavy atom. The number of piperidine rings is 1. The van der Waals surface area contributed by atoms with E-state index in [1.807, 2.05) is 11.9 Å². The third-order valence-corrected chi connectivity index (χ3v) is 4.88. The zero-order valence-electron chi connectivity index (χ0n) is 14.4. The summed E-state index contributed by atoms with van der Waals surface area (Å²) >= 11 is 0. The summed E-state index contributed by atoms with van der Waals surface area (Å²) in [4.78, 5) is 28.2. The van der Waals surface area contributed by atoms with Crippen LogP contribution >= 0.6 is 0 Å². The molecule has 2 aliphatic heterocycles. The number of halogens is 1. The monoisotopic (exact) mass is 349 g/mol. The van der Waals surface area contributed by atoms with Crippen molar-refractivity contribution in [2.24, 2.45) is 0 Å². The molecule has 136 valence electrons. The molecule has 0 aromatic heterocycles. The van der Waals surface area contributed by atoms with Crippen molar-refractivity contribution in [1.29, 1.82) is 0 Å². The quantitative estimate of drug-likeness (QED) is 0.882. The van der Waals surface area contributed by atoms with E-state index in [1.54, 1.807) is 17.0 Å². The van der Waals surface area contributed by atoms with Crippen molar-refractivity contribution in [2.45, 2.75) is 31.4 Å². The molecule has 2 fully saturated rings. The molecule has 2 aliphatic rings. The highest BCUT2D eigenvalue weighted by Gasteiger charge is 2.32. The topological polar surface area (TPSA) is 61.9 Å². The van der Waals surface area contributed by atoms with E-state index in [2.05, 4.69) is 5.32 Å². The van der Waals surface area contributed by atoms with Crippen LogP contribution in [0.25, 0.3) is 0 Å². The Balaban J connectivity index is 1.47. The lowest BCUT2D eigenvalue weighted by molar-refractivity contribution is -0.139. The lowest BCUT2D eigenvalue weighted by Crippen LogP contribution is -2.55. The molecule has 7 heteroatoms. The van der Waals surface area contributed by atoms with Gasteiger partial charge in [-0.1, -0.05) is 0 Å². The lowest BCUT2D eigenvalue weighted by Gasteiger charge is -2.35. The second kappa shape index (κ2) is 7.82. The van der Waals surface area contributed by atoms with E-state index >= 15 is 0 Å². The van der Waals surface area contributed by atoms with Crippen LogP contribution in [0.3, 0.4) is 0 Å². The standard InChI is InChI=1S/C18H24FN3O3/c1-21-11-8-20-18(24)16(21)12-17(23)22-9-6-15(7-10-22)25-14-4-2-13(19)3-5-14/h2-5,15-16H,6-12H2,1H3,(H,20,24)/t16-/m1/s1. The number of piperazine rings is 1. The number of nitrogens with one attached hydrogen (secondary N) is 1. The van der Waals surface area contributed by atoms with Crippen molar-refractivity contribution in [3.63, 3.8) is 0 Å². The van der Waals surface area contributed by atoms with E-state index in [-0.39, 0.29) is 36.2 Å². The smallest absolute Gasteiger partial charge is 0.237 e. The maximum atomic E-state index is 12.9. The second-order valence-corrected chi connectivity index (χ2v) is 6.64. The molecule has 2 amide bonds. The molecule has 0 saturated carbocycles. The first-order chi connectivity index (χ1) is 12.0. The third kappa shape index (κ3) is 4.48. The van der Waals surface area contributed by atoms with Gasteiger partial charge in [0, 0.05) is 39.0 Å².